The summed E-state index contributed by atoms with van der Waals surface area (Å²) in [6.45, 7) is 8.64. The highest BCUT2D eigenvalue weighted by Gasteiger charge is 2.19. The van der Waals surface area contributed by atoms with Crippen molar-refractivity contribution in [1.82, 2.24) is 14.5 Å². The number of furan rings is 1. The number of anilines is 1. The van der Waals surface area contributed by atoms with Gasteiger partial charge in [0.25, 0.3) is 5.91 Å². The van der Waals surface area contributed by atoms with Gasteiger partial charge in [0.05, 0.1) is 23.8 Å². The highest BCUT2D eigenvalue weighted by molar-refractivity contribution is 6.03. The van der Waals surface area contributed by atoms with E-state index in [0.717, 1.165) is 61.1 Å². The number of carbonyl (C=O) groups is 1. The molecular formula is C22H28N4O2. The fraction of sp³-hybridized carbons (Fsp3) is 0.455. The molecule has 1 aromatic carbocycles. The number of nitrogens with one attached hydrogen (secondary N) is 1. The zero-order valence-electron chi connectivity index (χ0n) is 16.6. The van der Waals surface area contributed by atoms with Gasteiger partial charge in [0.2, 0.25) is 0 Å². The average Bonchev–Trinajstić information content (AvgIpc) is 3.33. The van der Waals surface area contributed by atoms with Gasteiger partial charge in [-0.3, -0.25) is 9.69 Å². The first-order chi connectivity index (χ1) is 13.6. The van der Waals surface area contributed by atoms with Crippen LogP contribution in [0.5, 0.6) is 0 Å². The van der Waals surface area contributed by atoms with Gasteiger partial charge in [-0.25, -0.2) is 4.98 Å². The number of piperidine rings is 1. The summed E-state index contributed by atoms with van der Waals surface area (Å²) in [6.07, 6.45) is 5.08. The quantitative estimate of drug-likeness (QED) is 0.683. The summed E-state index contributed by atoms with van der Waals surface area (Å²) in [5.74, 6) is 1.99. The number of aryl methyl sites for hydroxylation is 1. The molecule has 1 aliphatic heterocycles. The van der Waals surface area contributed by atoms with Crippen LogP contribution in [-0.2, 0) is 13.1 Å². The summed E-state index contributed by atoms with van der Waals surface area (Å²) in [6, 6.07) is 9.30. The number of carbonyl (C=O) groups excluding carboxylic acids is 1. The molecule has 1 aliphatic rings. The summed E-state index contributed by atoms with van der Waals surface area (Å²) in [5.41, 5.74) is 2.78. The number of nitrogens with zero attached hydrogens (tertiary/aromatic N) is 3. The van der Waals surface area contributed by atoms with E-state index in [1.54, 1.807) is 12.1 Å². The maximum absolute atomic E-state index is 12.2. The van der Waals surface area contributed by atoms with Crippen LogP contribution in [-0.4, -0.2) is 33.4 Å². The van der Waals surface area contributed by atoms with E-state index in [4.69, 9.17) is 9.40 Å². The van der Waals surface area contributed by atoms with E-state index in [2.05, 4.69) is 34.7 Å². The molecule has 0 unspecified atom stereocenters. The Kier molecular flexibility index (Phi) is 5.48. The monoisotopic (exact) mass is 380 g/mol. The van der Waals surface area contributed by atoms with Crippen molar-refractivity contribution in [3.05, 3.63) is 48.2 Å². The zero-order chi connectivity index (χ0) is 19.5. The number of amides is 1. The second-order valence-electron chi connectivity index (χ2n) is 7.77. The number of likely N-dealkylation sites (tertiary alicyclic amines) is 1. The minimum Gasteiger partial charge on any atom is -0.459 e. The standard InChI is InChI=1S/C22H28N4O2/c1-3-10-26-19-7-6-17(23-22(27)20-5-4-13-28-20)14-18(19)24-21(26)15-25-11-8-16(2)9-12-25/h4-7,13-14,16H,3,8-12,15H2,1-2H3,(H,23,27). The predicted molar refractivity (Wildman–Crippen MR) is 110 cm³/mol. The molecule has 3 aromatic rings. The van der Waals surface area contributed by atoms with Crippen molar-refractivity contribution < 1.29 is 9.21 Å². The van der Waals surface area contributed by atoms with Crippen LogP contribution in [0.2, 0.25) is 0 Å². The van der Waals surface area contributed by atoms with Crippen LogP contribution < -0.4 is 5.32 Å². The summed E-state index contributed by atoms with van der Waals surface area (Å²) >= 11 is 0. The highest BCUT2D eigenvalue weighted by atomic mass is 16.3. The molecule has 1 amide bonds. The Labute approximate surface area is 165 Å². The molecule has 1 fully saturated rings. The molecule has 0 aliphatic carbocycles. The van der Waals surface area contributed by atoms with Crippen molar-refractivity contribution in [2.45, 2.75) is 46.2 Å². The van der Waals surface area contributed by atoms with Gasteiger partial charge in [0.15, 0.2) is 5.76 Å². The van der Waals surface area contributed by atoms with Crippen LogP contribution in [0.1, 0.15) is 49.5 Å². The number of benzene rings is 1. The molecule has 6 nitrogen and oxygen atoms in total. The molecule has 0 bridgehead atoms. The van der Waals surface area contributed by atoms with Gasteiger partial charge in [-0.15, -0.1) is 0 Å². The Morgan fingerprint density at radius 1 is 1.29 bits per heavy atom. The van der Waals surface area contributed by atoms with E-state index >= 15 is 0 Å². The van der Waals surface area contributed by atoms with Gasteiger partial charge in [0.1, 0.15) is 5.82 Å². The number of imidazole rings is 1. The highest BCUT2D eigenvalue weighted by Crippen LogP contribution is 2.24. The van der Waals surface area contributed by atoms with Crippen molar-refractivity contribution in [2.24, 2.45) is 5.92 Å². The molecule has 28 heavy (non-hydrogen) atoms. The largest absolute Gasteiger partial charge is 0.459 e. The Morgan fingerprint density at radius 3 is 2.82 bits per heavy atom. The molecule has 4 rings (SSSR count). The number of aromatic nitrogens is 2. The van der Waals surface area contributed by atoms with E-state index in [-0.39, 0.29) is 5.91 Å². The number of hydrogen-bond donors (Lipinski definition) is 1. The molecule has 3 heterocycles. The molecule has 1 saturated heterocycles. The summed E-state index contributed by atoms with van der Waals surface area (Å²) in [5, 5.41) is 2.89. The van der Waals surface area contributed by atoms with Gasteiger partial charge in [-0.05, 0) is 68.6 Å². The zero-order valence-corrected chi connectivity index (χ0v) is 16.6. The molecular weight excluding hydrogens is 352 g/mol. The number of rotatable bonds is 6. The normalized spacial score (nSPS) is 15.9. The van der Waals surface area contributed by atoms with Crippen LogP contribution in [0, 0.1) is 5.92 Å². The topological polar surface area (TPSA) is 63.3 Å². The average molecular weight is 380 g/mol. The Morgan fingerprint density at radius 2 is 2.11 bits per heavy atom. The lowest BCUT2D eigenvalue weighted by atomic mass is 9.99. The minimum atomic E-state index is -0.250. The molecule has 0 radical (unpaired) electrons. The molecule has 148 valence electrons. The fourth-order valence-corrected chi connectivity index (χ4v) is 3.87. The SMILES string of the molecule is CCCn1c(CN2CCC(C)CC2)nc2cc(NC(=O)c3ccco3)ccc21. The Balaban J connectivity index is 1.57. The van der Waals surface area contributed by atoms with Crippen LogP contribution in [0.3, 0.4) is 0 Å². The predicted octanol–water partition coefficient (Wildman–Crippen LogP) is 4.52. The van der Waals surface area contributed by atoms with E-state index in [1.165, 1.54) is 19.1 Å². The third-order valence-corrected chi connectivity index (χ3v) is 5.52. The van der Waals surface area contributed by atoms with Crippen LogP contribution >= 0.6 is 0 Å². The first kappa shape index (κ1) is 18.7. The maximum atomic E-state index is 12.2. The Bertz CT molecular complexity index is 937. The molecule has 0 saturated carbocycles. The fourth-order valence-electron chi connectivity index (χ4n) is 3.87. The smallest absolute Gasteiger partial charge is 0.291 e. The summed E-state index contributed by atoms with van der Waals surface area (Å²) in [7, 11) is 0. The van der Waals surface area contributed by atoms with Crippen LogP contribution in [0.25, 0.3) is 11.0 Å². The van der Waals surface area contributed by atoms with Gasteiger partial charge in [-0.2, -0.15) is 0 Å². The van der Waals surface area contributed by atoms with Crippen molar-refractivity contribution in [1.29, 1.82) is 0 Å². The molecule has 0 spiro atoms. The summed E-state index contributed by atoms with van der Waals surface area (Å²) < 4.78 is 7.49. The summed E-state index contributed by atoms with van der Waals surface area (Å²) in [4.78, 5) is 19.7. The van der Waals surface area contributed by atoms with Gasteiger partial charge in [-0.1, -0.05) is 13.8 Å². The molecule has 0 atom stereocenters. The van der Waals surface area contributed by atoms with Crippen LogP contribution in [0.15, 0.2) is 41.0 Å². The molecule has 6 heteroatoms. The molecule has 1 N–H and O–H groups in total. The van der Waals surface area contributed by atoms with E-state index in [9.17, 15) is 4.79 Å². The van der Waals surface area contributed by atoms with Crippen molar-refractivity contribution in [3.8, 4) is 0 Å². The number of fused-ring (bicyclic) bond motifs is 1. The Hall–Kier alpha value is -2.60. The van der Waals surface area contributed by atoms with Crippen LogP contribution in [0.4, 0.5) is 5.69 Å². The van der Waals surface area contributed by atoms with Crippen molar-refractivity contribution in [2.75, 3.05) is 18.4 Å². The lowest BCUT2D eigenvalue weighted by Gasteiger charge is -2.29. The number of hydrogen-bond acceptors (Lipinski definition) is 4. The van der Waals surface area contributed by atoms with Gasteiger partial charge >= 0.3 is 0 Å². The first-order valence-electron chi connectivity index (χ1n) is 10.2. The van der Waals surface area contributed by atoms with Crippen molar-refractivity contribution >= 4 is 22.6 Å². The first-order valence-corrected chi connectivity index (χ1v) is 10.2. The lowest BCUT2D eigenvalue weighted by Crippen LogP contribution is -2.33. The van der Waals surface area contributed by atoms with Crippen molar-refractivity contribution in [3.63, 3.8) is 0 Å². The third kappa shape index (κ3) is 3.97. The lowest BCUT2D eigenvalue weighted by molar-refractivity contribution is 0.0996. The molecule has 2 aromatic heterocycles. The van der Waals surface area contributed by atoms with E-state index in [0.29, 0.717) is 5.76 Å². The second kappa shape index (κ2) is 8.19. The van der Waals surface area contributed by atoms with E-state index < -0.39 is 0 Å². The minimum absolute atomic E-state index is 0.250. The van der Waals surface area contributed by atoms with Gasteiger partial charge < -0.3 is 14.3 Å². The van der Waals surface area contributed by atoms with E-state index in [1.807, 2.05) is 12.1 Å². The maximum Gasteiger partial charge on any atom is 0.291 e. The third-order valence-electron chi connectivity index (χ3n) is 5.52. The second-order valence-corrected chi connectivity index (χ2v) is 7.77. The van der Waals surface area contributed by atoms with Gasteiger partial charge in [0, 0.05) is 12.2 Å².